The van der Waals surface area contributed by atoms with Crippen molar-refractivity contribution in [3.8, 4) is 11.4 Å². The molecule has 0 aliphatic heterocycles. The van der Waals surface area contributed by atoms with Crippen LogP contribution >= 0.6 is 11.6 Å². The molecule has 9 nitrogen and oxygen atoms in total. The molecule has 0 aliphatic carbocycles. The number of anilines is 2. The fourth-order valence-electron chi connectivity index (χ4n) is 7.01. The summed E-state index contributed by atoms with van der Waals surface area (Å²) in [5.41, 5.74) is 4.18. The molecule has 3 N–H and O–H groups in total. The number of aromatic nitrogens is 2. The molecule has 0 fully saturated rings. The van der Waals surface area contributed by atoms with Gasteiger partial charge in [-0.2, -0.15) is 5.10 Å². The molecule has 4 aromatic rings. The quantitative estimate of drug-likeness (QED) is 0.0506. The number of benzene rings is 3. The van der Waals surface area contributed by atoms with Crippen molar-refractivity contribution in [1.29, 1.82) is 0 Å². The lowest BCUT2D eigenvalue weighted by Crippen LogP contribution is -2.34. The number of sulfone groups is 1. The molecule has 55 heavy (non-hydrogen) atoms. The number of carbonyl (C=O) groups excluding carboxylic acids is 2. The number of aromatic hydroxyl groups is 1. The molecule has 0 saturated heterocycles. The van der Waals surface area contributed by atoms with Gasteiger partial charge in [-0.05, 0) is 69.0 Å². The third-order valence-electron chi connectivity index (χ3n) is 10.2. The summed E-state index contributed by atoms with van der Waals surface area (Å²) in [5.74, 6) is -1.49. The molecular weight excluding hydrogens is 732 g/mol. The van der Waals surface area contributed by atoms with Crippen molar-refractivity contribution in [2.45, 2.75) is 141 Å². The number of rotatable bonds is 23. The molecular formula is C44H59ClN4O5S. The lowest BCUT2D eigenvalue weighted by Gasteiger charge is -2.18. The fraction of sp³-hybridized carbons (Fsp3) is 0.477. The lowest BCUT2D eigenvalue weighted by molar-refractivity contribution is -0.116. The number of hydrogen-bond donors (Lipinski definition) is 3. The number of phenolic OH excluding ortho intramolecular Hbond substituents is 1. The number of phenols is 1. The van der Waals surface area contributed by atoms with E-state index in [9.17, 15) is 23.1 Å². The smallest absolute Gasteiger partial charge is 0.243 e. The van der Waals surface area contributed by atoms with Crippen molar-refractivity contribution in [2.75, 3.05) is 10.6 Å². The first-order chi connectivity index (χ1) is 26.5. The van der Waals surface area contributed by atoms with E-state index in [-0.39, 0.29) is 39.9 Å². The summed E-state index contributed by atoms with van der Waals surface area (Å²) >= 11 is 6.50. The Morgan fingerprint density at radius 3 is 2.02 bits per heavy atom. The summed E-state index contributed by atoms with van der Waals surface area (Å²) in [6, 6.07) is 19.0. The zero-order valence-corrected chi connectivity index (χ0v) is 34.6. The monoisotopic (exact) mass is 790 g/mol. The zero-order valence-electron chi connectivity index (χ0n) is 33.0. The largest absolute Gasteiger partial charge is 0.506 e. The van der Waals surface area contributed by atoms with Crippen molar-refractivity contribution >= 4 is 44.6 Å². The van der Waals surface area contributed by atoms with Gasteiger partial charge in [0.1, 0.15) is 11.0 Å². The van der Waals surface area contributed by atoms with Crippen molar-refractivity contribution in [1.82, 2.24) is 9.78 Å². The molecule has 0 radical (unpaired) electrons. The van der Waals surface area contributed by atoms with Crippen LogP contribution in [0.4, 0.5) is 11.4 Å². The summed E-state index contributed by atoms with van der Waals surface area (Å²) in [6.07, 6.45) is 17.3. The van der Waals surface area contributed by atoms with Crippen LogP contribution in [0.2, 0.25) is 5.02 Å². The van der Waals surface area contributed by atoms with Gasteiger partial charge in [0, 0.05) is 17.3 Å². The molecule has 298 valence electrons. The van der Waals surface area contributed by atoms with Crippen molar-refractivity contribution < 1.29 is 23.1 Å². The van der Waals surface area contributed by atoms with Gasteiger partial charge in [-0.1, -0.05) is 133 Å². The summed E-state index contributed by atoms with van der Waals surface area (Å²) in [4.78, 5) is 26.6. The third-order valence-corrected chi connectivity index (χ3v) is 12.8. The van der Waals surface area contributed by atoms with E-state index in [4.69, 9.17) is 11.6 Å². The van der Waals surface area contributed by atoms with E-state index in [1.54, 1.807) is 23.7 Å². The first-order valence-corrected chi connectivity index (χ1v) is 21.9. The van der Waals surface area contributed by atoms with Gasteiger partial charge in [0.25, 0.3) is 0 Å². The van der Waals surface area contributed by atoms with Gasteiger partial charge >= 0.3 is 0 Å². The Hall–Kier alpha value is -4.15. The minimum absolute atomic E-state index is 0.0106. The van der Waals surface area contributed by atoms with Crippen LogP contribution in [0.15, 0.2) is 71.6 Å². The second-order valence-electron chi connectivity index (χ2n) is 14.5. The average molecular weight is 791 g/mol. The topological polar surface area (TPSA) is 130 Å². The molecule has 1 atom stereocenters. The molecule has 1 heterocycles. The van der Waals surface area contributed by atoms with E-state index in [1.807, 2.05) is 50.2 Å². The highest BCUT2D eigenvalue weighted by molar-refractivity contribution is 7.92. The van der Waals surface area contributed by atoms with Crippen LogP contribution in [0.5, 0.6) is 5.75 Å². The van der Waals surface area contributed by atoms with Gasteiger partial charge in [0.05, 0.1) is 39.1 Å². The van der Waals surface area contributed by atoms with E-state index in [2.05, 4.69) is 22.7 Å². The molecule has 0 spiro atoms. The first kappa shape index (κ1) is 43.6. The number of halogens is 1. The molecule has 2 amide bonds. The van der Waals surface area contributed by atoms with Crippen LogP contribution in [0, 0.1) is 13.8 Å². The SMILES string of the molecule is CCCCCCCCCCCCCCCc1cccc(S(=O)(=O)C(CC)C(=O)Nc2cc(O)c(NC(=O)Cc3c(C)nn(-c4ccccc4)c3C)cc2Cl)c1. The van der Waals surface area contributed by atoms with E-state index in [0.717, 1.165) is 41.8 Å². The number of para-hydroxylation sites is 1. The normalized spacial score (nSPS) is 12.1. The minimum atomic E-state index is -4.03. The predicted octanol–water partition coefficient (Wildman–Crippen LogP) is 10.9. The zero-order chi connectivity index (χ0) is 39.8. The first-order valence-electron chi connectivity index (χ1n) is 20.0. The van der Waals surface area contributed by atoms with E-state index in [1.165, 1.54) is 88.8 Å². The average Bonchev–Trinajstić information content (AvgIpc) is 3.44. The Labute approximate surface area is 333 Å². The maximum Gasteiger partial charge on any atom is 0.243 e. The molecule has 11 heteroatoms. The highest BCUT2D eigenvalue weighted by Gasteiger charge is 2.33. The van der Waals surface area contributed by atoms with Crippen molar-refractivity contribution in [3.05, 3.63) is 94.3 Å². The number of carbonyl (C=O) groups is 2. The highest BCUT2D eigenvalue weighted by Crippen LogP contribution is 2.35. The molecule has 0 saturated carbocycles. The molecule has 4 rings (SSSR count). The number of nitrogens with zero attached hydrogens (tertiary/aromatic N) is 2. The van der Waals surface area contributed by atoms with Crippen LogP contribution in [0.1, 0.15) is 126 Å². The Bertz CT molecular complexity index is 1960. The summed E-state index contributed by atoms with van der Waals surface area (Å²) < 4.78 is 29.3. The summed E-state index contributed by atoms with van der Waals surface area (Å²) in [5, 5.41) is 19.3. The second kappa shape index (κ2) is 21.8. The Kier molecular flexibility index (Phi) is 17.3. The van der Waals surface area contributed by atoms with Gasteiger partial charge in [-0.15, -0.1) is 0 Å². The highest BCUT2D eigenvalue weighted by atomic mass is 35.5. The van der Waals surface area contributed by atoms with Gasteiger partial charge in [0.15, 0.2) is 9.84 Å². The maximum atomic E-state index is 13.7. The van der Waals surface area contributed by atoms with Crippen molar-refractivity contribution in [3.63, 3.8) is 0 Å². The number of amides is 2. The van der Waals surface area contributed by atoms with Crippen LogP contribution < -0.4 is 10.6 Å². The third kappa shape index (κ3) is 12.7. The maximum absolute atomic E-state index is 13.7. The Morgan fingerprint density at radius 2 is 1.40 bits per heavy atom. The second-order valence-corrected chi connectivity index (χ2v) is 17.1. The van der Waals surface area contributed by atoms with Gasteiger partial charge < -0.3 is 15.7 Å². The molecule has 1 unspecified atom stereocenters. The van der Waals surface area contributed by atoms with E-state index < -0.39 is 26.9 Å². The molecule has 3 aromatic carbocycles. The number of unbranched alkanes of at least 4 members (excludes halogenated alkanes) is 12. The number of nitrogens with one attached hydrogen (secondary N) is 2. The van der Waals surface area contributed by atoms with E-state index in [0.29, 0.717) is 5.69 Å². The standard InChI is InChI=1S/C44H59ClN4O5S/c1-5-7-8-9-10-11-12-13-14-15-16-17-19-23-34-24-22-27-36(28-34)55(53,54)42(6-2)44(52)47-39-31-41(50)40(30-38(39)45)46-43(51)29-37-32(3)48-49(33(37)4)35-25-20-18-21-26-35/h18,20-22,24-28,30-31,42,50H,5-17,19,23,29H2,1-4H3,(H,46,51)(H,47,52). The van der Waals surface area contributed by atoms with Gasteiger partial charge in [-0.3, -0.25) is 9.59 Å². The summed E-state index contributed by atoms with van der Waals surface area (Å²) in [7, 11) is -4.03. The van der Waals surface area contributed by atoms with Gasteiger partial charge in [-0.25, -0.2) is 13.1 Å². The molecule has 0 bridgehead atoms. The van der Waals surface area contributed by atoms with Crippen molar-refractivity contribution in [2.24, 2.45) is 0 Å². The van der Waals surface area contributed by atoms with Gasteiger partial charge in [0.2, 0.25) is 11.8 Å². The minimum Gasteiger partial charge on any atom is -0.506 e. The Balaban J connectivity index is 1.28. The Morgan fingerprint density at radius 1 is 0.782 bits per heavy atom. The van der Waals surface area contributed by atoms with E-state index >= 15 is 0 Å². The number of hydrogen-bond acceptors (Lipinski definition) is 6. The molecule has 1 aromatic heterocycles. The number of aryl methyl sites for hydroxylation is 2. The summed E-state index contributed by atoms with van der Waals surface area (Å²) in [6.45, 7) is 7.62. The lowest BCUT2D eigenvalue weighted by atomic mass is 10.0. The fourth-order valence-corrected chi connectivity index (χ4v) is 8.92. The van der Waals surface area contributed by atoms with Crippen LogP contribution in [0.3, 0.4) is 0 Å². The van der Waals surface area contributed by atoms with Crippen LogP contribution in [-0.2, 0) is 32.3 Å². The predicted molar refractivity (Wildman–Crippen MR) is 224 cm³/mol. The van der Waals surface area contributed by atoms with Crippen LogP contribution in [-0.4, -0.2) is 40.4 Å². The molecule has 0 aliphatic rings. The van der Waals surface area contributed by atoms with Crippen LogP contribution in [0.25, 0.3) is 5.69 Å².